The maximum absolute atomic E-state index is 14.0. The smallest absolute Gasteiger partial charge is 0.174 e. The number of halogens is 1. The predicted octanol–water partition coefficient (Wildman–Crippen LogP) is 3.59. The summed E-state index contributed by atoms with van der Waals surface area (Å²) in [7, 11) is 0. The van der Waals surface area contributed by atoms with E-state index in [1.54, 1.807) is 12.1 Å². The highest BCUT2D eigenvalue weighted by atomic mass is 19.1. The van der Waals surface area contributed by atoms with Crippen LogP contribution in [0.2, 0.25) is 0 Å². The third-order valence-corrected chi connectivity index (χ3v) is 2.89. The third-order valence-electron chi connectivity index (χ3n) is 2.89. The van der Waals surface area contributed by atoms with Gasteiger partial charge in [0.05, 0.1) is 5.69 Å². The van der Waals surface area contributed by atoms with Crippen LogP contribution < -0.4 is 10.1 Å². The number of aromatic nitrogens is 1. The quantitative estimate of drug-likeness (QED) is 0.915. The Morgan fingerprint density at radius 2 is 2.10 bits per heavy atom. The first-order valence-electron chi connectivity index (χ1n) is 6.92. The van der Waals surface area contributed by atoms with Gasteiger partial charge in [-0.2, -0.15) is 0 Å². The Morgan fingerprint density at radius 3 is 2.71 bits per heavy atom. The van der Waals surface area contributed by atoms with Crippen LogP contribution in [0.4, 0.5) is 4.39 Å². The molecule has 1 heterocycles. The van der Waals surface area contributed by atoms with E-state index < -0.39 is 0 Å². The first-order valence-corrected chi connectivity index (χ1v) is 6.92. The van der Waals surface area contributed by atoms with Crippen LogP contribution in [-0.4, -0.2) is 10.7 Å². The Bertz CT molecular complexity index is 603. The van der Waals surface area contributed by atoms with Gasteiger partial charge < -0.3 is 14.6 Å². The van der Waals surface area contributed by atoms with E-state index in [0.29, 0.717) is 12.3 Å². The molecule has 0 bridgehead atoms. The predicted molar refractivity (Wildman–Crippen MR) is 78.6 cm³/mol. The molecule has 0 saturated heterocycles. The number of nitrogens with zero attached hydrogens (tertiary/aromatic N) is 1. The van der Waals surface area contributed by atoms with Gasteiger partial charge in [-0.05, 0) is 33.8 Å². The molecule has 114 valence electrons. The lowest BCUT2D eigenvalue weighted by Gasteiger charge is -2.21. The van der Waals surface area contributed by atoms with E-state index in [1.165, 1.54) is 6.07 Å². The highest BCUT2D eigenvalue weighted by Gasteiger charge is 2.14. The second kappa shape index (κ2) is 6.26. The van der Waals surface area contributed by atoms with Gasteiger partial charge in [0.1, 0.15) is 6.61 Å². The van der Waals surface area contributed by atoms with E-state index in [-0.39, 0.29) is 23.7 Å². The van der Waals surface area contributed by atoms with Gasteiger partial charge in [-0.3, -0.25) is 0 Å². The topological polar surface area (TPSA) is 47.3 Å². The van der Waals surface area contributed by atoms with Gasteiger partial charge in [0.2, 0.25) is 0 Å². The Hall–Kier alpha value is -1.88. The Morgan fingerprint density at radius 1 is 1.33 bits per heavy atom. The van der Waals surface area contributed by atoms with Crippen molar-refractivity contribution in [2.24, 2.45) is 0 Å². The summed E-state index contributed by atoms with van der Waals surface area (Å²) in [6, 6.07) is 6.69. The average Bonchev–Trinajstić information content (AvgIpc) is 2.80. The summed E-state index contributed by atoms with van der Waals surface area (Å²) in [5.74, 6) is 0.452. The molecule has 0 radical (unpaired) electrons. The summed E-state index contributed by atoms with van der Waals surface area (Å²) >= 11 is 0. The van der Waals surface area contributed by atoms with Crippen LogP contribution in [0.1, 0.15) is 37.8 Å². The molecule has 0 aliphatic carbocycles. The van der Waals surface area contributed by atoms with E-state index in [9.17, 15) is 4.39 Å². The van der Waals surface area contributed by atoms with Crippen LogP contribution in [-0.2, 0) is 13.2 Å². The van der Waals surface area contributed by atoms with Crippen molar-refractivity contribution in [1.82, 2.24) is 10.5 Å². The highest BCUT2D eigenvalue weighted by Crippen LogP contribution is 2.24. The normalized spacial score (nSPS) is 11.7. The standard InChI is InChI=1S/C16H21FN2O2/c1-11-8-13(21-19-11)10-20-15-12(6-5-7-14(15)17)9-18-16(2,3)4/h5-8,18H,9-10H2,1-4H3. The molecule has 0 atom stereocenters. The molecule has 1 aromatic heterocycles. The molecule has 0 saturated carbocycles. The molecule has 2 rings (SSSR count). The fraction of sp³-hybridized carbons (Fsp3) is 0.438. The summed E-state index contributed by atoms with van der Waals surface area (Å²) < 4.78 is 24.6. The Labute approximate surface area is 124 Å². The van der Waals surface area contributed by atoms with Crippen LogP contribution in [0.3, 0.4) is 0 Å². The number of ether oxygens (including phenoxy) is 1. The number of rotatable bonds is 5. The monoisotopic (exact) mass is 292 g/mol. The van der Waals surface area contributed by atoms with Gasteiger partial charge in [0, 0.05) is 23.7 Å². The molecule has 5 heteroatoms. The zero-order chi connectivity index (χ0) is 15.5. The van der Waals surface area contributed by atoms with Crippen LogP contribution in [0.25, 0.3) is 0 Å². The van der Waals surface area contributed by atoms with Gasteiger partial charge in [-0.15, -0.1) is 0 Å². The summed E-state index contributed by atoms with van der Waals surface area (Å²) in [6.07, 6.45) is 0. The summed E-state index contributed by atoms with van der Waals surface area (Å²) in [4.78, 5) is 0. The van der Waals surface area contributed by atoms with E-state index in [0.717, 1.165) is 11.3 Å². The number of nitrogens with one attached hydrogen (secondary N) is 1. The zero-order valence-electron chi connectivity index (χ0n) is 12.9. The van der Waals surface area contributed by atoms with Crippen molar-refractivity contribution in [2.45, 2.75) is 46.4 Å². The second-order valence-corrected chi connectivity index (χ2v) is 6.05. The number of aryl methyl sites for hydroxylation is 1. The molecule has 0 fully saturated rings. The van der Waals surface area contributed by atoms with Crippen LogP contribution >= 0.6 is 0 Å². The SMILES string of the molecule is Cc1cc(COc2c(F)cccc2CNC(C)(C)C)on1. The fourth-order valence-corrected chi connectivity index (χ4v) is 1.84. The highest BCUT2D eigenvalue weighted by molar-refractivity contribution is 5.35. The molecule has 0 unspecified atom stereocenters. The Balaban J connectivity index is 2.10. The molecule has 1 aromatic carbocycles. The molecular weight excluding hydrogens is 271 g/mol. The number of hydrogen-bond donors (Lipinski definition) is 1. The largest absolute Gasteiger partial charge is 0.482 e. The van der Waals surface area contributed by atoms with E-state index in [1.807, 2.05) is 13.0 Å². The van der Waals surface area contributed by atoms with E-state index in [4.69, 9.17) is 9.26 Å². The molecule has 2 aromatic rings. The molecule has 1 N–H and O–H groups in total. The molecule has 0 aliphatic heterocycles. The van der Waals surface area contributed by atoms with Gasteiger partial charge >= 0.3 is 0 Å². The van der Waals surface area contributed by atoms with Crippen molar-refractivity contribution in [2.75, 3.05) is 0 Å². The maximum Gasteiger partial charge on any atom is 0.174 e. The molecular formula is C16H21FN2O2. The van der Waals surface area contributed by atoms with Gasteiger partial charge in [0.25, 0.3) is 0 Å². The lowest BCUT2D eigenvalue weighted by atomic mass is 10.1. The van der Waals surface area contributed by atoms with E-state index >= 15 is 0 Å². The number of para-hydroxylation sites is 1. The second-order valence-electron chi connectivity index (χ2n) is 6.05. The molecule has 4 nitrogen and oxygen atoms in total. The van der Waals surface area contributed by atoms with Gasteiger partial charge in [-0.25, -0.2) is 4.39 Å². The summed E-state index contributed by atoms with van der Waals surface area (Å²) in [6.45, 7) is 8.70. The minimum Gasteiger partial charge on any atom is -0.482 e. The third kappa shape index (κ3) is 4.56. The fourth-order valence-electron chi connectivity index (χ4n) is 1.84. The Kier molecular flexibility index (Phi) is 4.63. The number of hydrogen-bond acceptors (Lipinski definition) is 4. The molecule has 0 spiro atoms. The average molecular weight is 292 g/mol. The van der Waals surface area contributed by atoms with Crippen molar-refractivity contribution < 1.29 is 13.7 Å². The van der Waals surface area contributed by atoms with Crippen molar-refractivity contribution in [3.63, 3.8) is 0 Å². The molecule has 0 aliphatic rings. The van der Waals surface area contributed by atoms with Crippen LogP contribution in [0, 0.1) is 12.7 Å². The minimum absolute atomic E-state index is 0.0500. The molecule has 0 amide bonds. The van der Waals surface area contributed by atoms with Crippen molar-refractivity contribution in [3.05, 3.63) is 47.1 Å². The summed E-state index contributed by atoms with van der Waals surface area (Å²) in [5.41, 5.74) is 1.50. The summed E-state index contributed by atoms with van der Waals surface area (Å²) in [5, 5.41) is 7.11. The van der Waals surface area contributed by atoms with Crippen LogP contribution in [0.15, 0.2) is 28.8 Å². The molecule has 21 heavy (non-hydrogen) atoms. The van der Waals surface area contributed by atoms with Gasteiger partial charge in [0.15, 0.2) is 17.3 Å². The van der Waals surface area contributed by atoms with E-state index in [2.05, 4.69) is 31.2 Å². The van der Waals surface area contributed by atoms with Gasteiger partial charge in [-0.1, -0.05) is 17.3 Å². The van der Waals surface area contributed by atoms with Crippen molar-refractivity contribution in [3.8, 4) is 5.75 Å². The maximum atomic E-state index is 14.0. The lowest BCUT2D eigenvalue weighted by molar-refractivity contribution is 0.237. The minimum atomic E-state index is -0.376. The lowest BCUT2D eigenvalue weighted by Crippen LogP contribution is -2.35. The van der Waals surface area contributed by atoms with Crippen molar-refractivity contribution >= 4 is 0 Å². The first kappa shape index (κ1) is 15.5. The van der Waals surface area contributed by atoms with Crippen molar-refractivity contribution in [1.29, 1.82) is 0 Å². The van der Waals surface area contributed by atoms with Crippen LogP contribution in [0.5, 0.6) is 5.75 Å². The number of benzene rings is 1. The first-order chi connectivity index (χ1) is 9.85. The zero-order valence-corrected chi connectivity index (χ0v) is 12.9.